The maximum atomic E-state index is 13.5. The molecule has 19 heavy (non-hydrogen) atoms. The van der Waals surface area contributed by atoms with E-state index < -0.39 is 5.82 Å². The largest absolute Gasteiger partial charge is 0.496 e. The van der Waals surface area contributed by atoms with Gasteiger partial charge in [0.2, 0.25) is 11.8 Å². The molecule has 0 atom stereocenters. The van der Waals surface area contributed by atoms with E-state index in [4.69, 9.17) is 19.9 Å². The van der Waals surface area contributed by atoms with Crippen LogP contribution in [0.1, 0.15) is 0 Å². The van der Waals surface area contributed by atoms with E-state index in [-0.39, 0.29) is 11.8 Å². The number of rotatable bonds is 4. The van der Waals surface area contributed by atoms with Gasteiger partial charge >= 0.3 is 0 Å². The summed E-state index contributed by atoms with van der Waals surface area (Å²) in [6.45, 7) is 0. The van der Waals surface area contributed by atoms with Crippen molar-refractivity contribution in [2.75, 3.05) is 20.0 Å². The lowest BCUT2D eigenvalue weighted by atomic mass is 10.3. The van der Waals surface area contributed by atoms with Gasteiger partial charge in [-0.3, -0.25) is 0 Å². The predicted molar refractivity (Wildman–Crippen MR) is 66.0 cm³/mol. The van der Waals surface area contributed by atoms with Gasteiger partial charge in [0.25, 0.3) is 5.88 Å². The van der Waals surface area contributed by atoms with Gasteiger partial charge in [0.05, 0.1) is 20.4 Å². The van der Waals surface area contributed by atoms with E-state index in [0.29, 0.717) is 17.2 Å². The van der Waals surface area contributed by atoms with Gasteiger partial charge in [-0.2, -0.15) is 9.37 Å². The van der Waals surface area contributed by atoms with Crippen LogP contribution in [0.25, 0.3) is 0 Å². The van der Waals surface area contributed by atoms with E-state index >= 15 is 0 Å². The average Bonchev–Trinajstić information content (AvgIpc) is 2.42. The molecule has 6 nitrogen and oxygen atoms in total. The third kappa shape index (κ3) is 3.01. The van der Waals surface area contributed by atoms with Crippen molar-refractivity contribution in [3.63, 3.8) is 0 Å². The minimum absolute atomic E-state index is 0.0775. The van der Waals surface area contributed by atoms with Gasteiger partial charge in [0, 0.05) is 18.2 Å². The van der Waals surface area contributed by atoms with Gasteiger partial charge in [-0.05, 0) is 0 Å². The summed E-state index contributed by atoms with van der Waals surface area (Å²) in [5, 5.41) is 0. The number of nitrogen functional groups attached to an aromatic ring is 1. The molecule has 2 aromatic rings. The number of halogens is 1. The van der Waals surface area contributed by atoms with Crippen LogP contribution < -0.4 is 19.9 Å². The van der Waals surface area contributed by atoms with Crippen molar-refractivity contribution in [1.82, 2.24) is 9.97 Å². The molecule has 1 heterocycles. The number of ether oxygens (including phenoxy) is 3. The lowest BCUT2D eigenvalue weighted by Crippen LogP contribution is -1.99. The highest BCUT2D eigenvalue weighted by molar-refractivity contribution is 5.43. The summed E-state index contributed by atoms with van der Waals surface area (Å²) in [6.07, 6.45) is 0.940. The summed E-state index contributed by atoms with van der Waals surface area (Å²) >= 11 is 0. The molecule has 0 unspecified atom stereocenters. The molecule has 0 saturated heterocycles. The number of benzene rings is 1. The smallest absolute Gasteiger partial charge is 0.260 e. The van der Waals surface area contributed by atoms with Gasteiger partial charge in [0.15, 0.2) is 0 Å². The third-order valence-corrected chi connectivity index (χ3v) is 2.27. The predicted octanol–water partition coefficient (Wildman–Crippen LogP) is 2.01. The molecule has 100 valence electrons. The van der Waals surface area contributed by atoms with Crippen LogP contribution in [0.4, 0.5) is 10.3 Å². The Balaban J connectivity index is 2.34. The van der Waals surface area contributed by atoms with Crippen molar-refractivity contribution in [2.24, 2.45) is 0 Å². The first-order valence-electron chi connectivity index (χ1n) is 5.31. The molecule has 0 saturated carbocycles. The molecule has 7 heteroatoms. The molecule has 0 fully saturated rings. The van der Waals surface area contributed by atoms with Gasteiger partial charge in [-0.1, -0.05) is 0 Å². The fraction of sp³-hybridized carbons (Fsp3) is 0.167. The molecule has 0 aliphatic heterocycles. The normalized spacial score (nSPS) is 10.1. The maximum absolute atomic E-state index is 13.5. The summed E-state index contributed by atoms with van der Waals surface area (Å²) in [4.78, 5) is 7.18. The standard InChI is InChI=1S/C12H12FN3O3/c1-17-7-3-8(18-2)5-9(4-7)19-11-10(13)6-15-12(14)16-11/h3-6H,1-2H3,(H2,14,15,16). The lowest BCUT2D eigenvalue weighted by molar-refractivity contribution is 0.379. The van der Waals surface area contributed by atoms with E-state index in [1.54, 1.807) is 18.2 Å². The lowest BCUT2D eigenvalue weighted by Gasteiger charge is -2.09. The first-order chi connectivity index (χ1) is 9.12. The van der Waals surface area contributed by atoms with Crippen molar-refractivity contribution in [3.8, 4) is 23.1 Å². The molecular formula is C12H12FN3O3. The number of aromatic nitrogens is 2. The van der Waals surface area contributed by atoms with Crippen molar-refractivity contribution in [1.29, 1.82) is 0 Å². The Bertz CT molecular complexity index is 570. The Labute approximate surface area is 109 Å². The summed E-state index contributed by atoms with van der Waals surface area (Å²) < 4.78 is 28.9. The highest BCUT2D eigenvalue weighted by Crippen LogP contribution is 2.30. The molecule has 0 bridgehead atoms. The quantitative estimate of drug-likeness (QED) is 0.910. The maximum Gasteiger partial charge on any atom is 0.260 e. The highest BCUT2D eigenvalue weighted by atomic mass is 19.1. The van der Waals surface area contributed by atoms with Crippen LogP contribution >= 0.6 is 0 Å². The number of nitrogens with zero attached hydrogens (tertiary/aromatic N) is 2. The topological polar surface area (TPSA) is 79.5 Å². The van der Waals surface area contributed by atoms with Gasteiger partial charge in [0.1, 0.15) is 17.2 Å². The minimum Gasteiger partial charge on any atom is -0.496 e. The molecule has 0 aliphatic carbocycles. The SMILES string of the molecule is COc1cc(OC)cc(Oc2nc(N)ncc2F)c1. The van der Waals surface area contributed by atoms with E-state index in [2.05, 4.69) is 9.97 Å². The van der Waals surface area contributed by atoms with Crippen LogP contribution in [0.2, 0.25) is 0 Å². The second kappa shape index (κ2) is 5.38. The first-order valence-corrected chi connectivity index (χ1v) is 5.31. The number of nitrogens with two attached hydrogens (primary N) is 1. The molecule has 1 aromatic carbocycles. The zero-order valence-electron chi connectivity index (χ0n) is 10.4. The van der Waals surface area contributed by atoms with Crippen LogP contribution in [-0.2, 0) is 0 Å². The second-order valence-electron chi connectivity index (χ2n) is 3.53. The fourth-order valence-electron chi connectivity index (χ4n) is 1.39. The Morgan fingerprint density at radius 1 is 1.05 bits per heavy atom. The minimum atomic E-state index is -0.712. The van der Waals surface area contributed by atoms with Crippen molar-refractivity contribution in [2.45, 2.75) is 0 Å². The molecule has 2 N–H and O–H groups in total. The van der Waals surface area contributed by atoms with Crippen molar-refractivity contribution >= 4 is 5.95 Å². The van der Waals surface area contributed by atoms with Gasteiger partial charge in [-0.15, -0.1) is 0 Å². The van der Waals surface area contributed by atoms with Crippen LogP contribution in [0.15, 0.2) is 24.4 Å². The van der Waals surface area contributed by atoms with Crippen LogP contribution in [-0.4, -0.2) is 24.2 Å². The first kappa shape index (κ1) is 12.9. The number of methoxy groups -OCH3 is 2. The van der Waals surface area contributed by atoms with E-state index in [0.717, 1.165) is 6.20 Å². The molecule has 2 rings (SSSR count). The average molecular weight is 265 g/mol. The molecule has 0 spiro atoms. The van der Waals surface area contributed by atoms with Crippen LogP contribution in [0.5, 0.6) is 23.1 Å². The summed E-state index contributed by atoms with van der Waals surface area (Å²) in [7, 11) is 3.00. The number of anilines is 1. The van der Waals surface area contributed by atoms with E-state index in [1.807, 2.05) is 0 Å². The zero-order valence-corrected chi connectivity index (χ0v) is 10.4. The number of hydrogen-bond donors (Lipinski definition) is 1. The van der Waals surface area contributed by atoms with Crippen molar-refractivity contribution < 1.29 is 18.6 Å². The van der Waals surface area contributed by atoms with Gasteiger partial charge in [-0.25, -0.2) is 4.98 Å². The number of hydrogen-bond acceptors (Lipinski definition) is 6. The Morgan fingerprint density at radius 2 is 1.63 bits per heavy atom. The monoisotopic (exact) mass is 265 g/mol. The second-order valence-corrected chi connectivity index (χ2v) is 3.53. The Kier molecular flexibility index (Phi) is 3.65. The third-order valence-electron chi connectivity index (χ3n) is 2.27. The molecule has 0 aliphatic rings. The van der Waals surface area contributed by atoms with E-state index in [1.165, 1.54) is 14.2 Å². The molecular weight excluding hydrogens is 253 g/mol. The molecule has 0 amide bonds. The highest BCUT2D eigenvalue weighted by Gasteiger charge is 2.10. The summed E-state index contributed by atoms with van der Waals surface area (Å²) in [6, 6.07) is 4.80. The molecule has 0 radical (unpaired) electrons. The summed E-state index contributed by atoms with van der Waals surface area (Å²) in [5.74, 6) is 0.284. The Hall–Kier alpha value is -2.57. The molecule has 1 aromatic heterocycles. The summed E-state index contributed by atoms with van der Waals surface area (Å²) in [5.41, 5.74) is 5.38. The zero-order chi connectivity index (χ0) is 13.8. The van der Waals surface area contributed by atoms with Crippen LogP contribution in [0.3, 0.4) is 0 Å². The van der Waals surface area contributed by atoms with Gasteiger partial charge < -0.3 is 19.9 Å². The van der Waals surface area contributed by atoms with Crippen LogP contribution in [0, 0.1) is 5.82 Å². The Morgan fingerprint density at radius 3 is 2.21 bits per heavy atom. The van der Waals surface area contributed by atoms with E-state index in [9.17, 15) is 4.39 Å². The van der Waals surface area contributed by atoms with Crippen molar-refractivity contribution in [3.05, 3.63) is 30.2 Å². The fourth-order valence-corrected chi connectivity index (χ4v) is 1.39.